The Morgan fingerprint density at radius 1 is 1.42 bits per heavy atom. The zero-order valence-electron chi connectivity index (χ0n) is 11.1. The van der Waals surface area contributed by atoms with E-state index in [0.29, 0.717) is 17.0 Å². The minimum absolute atomic E-state index is 0.241. The number of anilines is 1. The average Bonchev–Trinajstić information content (AvgIpc) is 2.37. The number of aliphatic hydroxyl groups is 1. The van der Waals surface area contributed by atoms with Crippen LogP contribution in [0.15, 0.2) is 18.2 Å². The Hall–Kier alpha value is -1.88. The Morgan fingerprint density at radius 2 is 2.11 bits per heavy atom. The lowest BCUT2D eigenvalue weighted by Gasteiger charge is -2.24. The van der Waals surface area contributed by atoms with E-state index in [1.165, 1.54) is 0 Å². The second-order valence-corrected chi connectivity index (χ2v) is 4.96. The third kappa shape index (κ3) is 2.61. The van der Waals surface area contributed by atoms with Gasteiger partial charge < -0.3 is 15.2 Å². The third-order valence-corrected chi connectivity index (χ3v) is 3.09. The second-order valence-electron chi connectivity index (χ2n) is 4.96. The molecular formula is C14H17NO4. The normalized spacial score (nSPS) is 19.4. The molecule has 1 aromatic carbocycles. The molecule has 102 valence electrons. The summed E-state index contributed by atoms with van der Waals surface area (Å²) in [7, 11) is 0. The molecule has 1 aliphatic heterocycles. The number of ether oxygens (including phenoxy) is 1. The van der Waals surface area contributed by atoms with Crippen molar-refractivity contribution in [3.8, 4) is 5.75 Å². The van der Waals surface area contributed by atoms with Gasteiger partial charge in [0.05, 0.1) is 5.69 Å². The molecule has 1 heterocycles. The number of hydrogen-bond acceptors (Lipinski definition) is 4. The highest BCUT2D eigenvalue weighted by atomic mass is 16.5. The van der Waals surface area contributed by atoms with Crippen LogP contribution in [0.25, 0.3) is 0 Å². The van der Waals surface area contributed by atoms with Crippen LogP contribution >= 0.6 is 0 Å². The number of Topliss-reactive ketones (excluding diaryl/α,β-unsaturated/α-hetero) is 1. The molecule has 2 atom stereocenters. The van der Waals surface area contributed by atoms with Gasteiger partial charge in [-0.05, 0) is 24.6 Å². The van der Waals surface area contributed by atoms with Crippen molar-refractivity contribution in [3.63, 3.8) is 0 Å². The summed E-state index contributed by atoms with van der Waals surface area (Å²) >= 11 is 0. The van der Waals surface area contributed by atoms with Crippen LogP contribution < -0.4 is 10.1 Å². The van der Waals surface area contributed by atoms with Crippen molar-refractivity contribution < 1.29 is 19.4 Å². The molecule has 0 spiro atoms. The van der Waals surface area contributed by atoms with Gasteiger partial charge in [-0.25, -0.2) is 0 Å². The van der Waals surface area contributed by atoms with Crippen molar-refractivity contribution >= 4 is 17.4 Å². The first-order valence-electron chi connectivity index (χ1n) is 6.23. The zero-order chi connectivity index (χ0) is 14.2. The van der Waals surface area contributed by atoms with Crippen LogP contribution in [0.3, 0.4) is 0 Å². The maximum Gasteiger partial charge on any atom is 0.265 e. The van der Waals surface area contributed by atoms with Gasteiger partial charge in [-0.1, -0.05) is 19.9 Å². The molecule has 0 radical (unpaired) electrons. The highest BCUT2D eigenvalue weighted by Crippen LogP contribution is 2.32. The van der Waals surface area contributed by atoms with E-state index in [2.05, 4.69) is 5.32 Å². The summed E-state index contributed by atoms with van der Waals surface area (Å²) in [6.45, 7) is 5.12. The van der Waals surface area contributed by atoms with Gasteiger partial charge in [-0.15, -0.1) is 0 Å². The zero-order valence-corrected chi connectivity index (χ0v) is 11.1. The lowest BCUT2D eigenvalue weighted by molar-refractivity contribution is -0.130. The first-order chi connectivity index (χ1) is 8.90. The molecule has 0 bridgehead atoms. The predicted octanol–water partition coefficient (Wildman–Crippen LogP) is 1.66. The number of amides is 1. The maximum absolute atomic E-state index is 11.8. The molecule has 0 aliphatic carbocycles. The van der Waals surface area contributed by atoms with Crippen LogP contribution in [-0.2, 0) is 9.59 Å². The number of carbonyl (C=O) groups is 2. The number of carbonyl (C=O) groups excluding carboxylic acids is 2. The minimum Gasteiger partial charge on any atom is -0.479 e. The van der Waals surface area contributed by atoms with Gasteiger partial charge in [0.1, 0.15) is 11.9 Å². The molecule has 1 aromatic rings. The molecule has 2 rings (SSSR count). The standard InChI is InChI=1S/C14H17NO4/c1-7(2)12(16)13(17)9-4-5-11-10(6-9)15-14(18)8(3)19-11/h4-8,13,17H,1-3H3,(H,15,18). The van der Waals surface area contributed by atoms with Crippen molar-refractivity contribution in [2.24, 2.45) is 5.92 Å². The molecular weight excluding hydrogens is 246 g/mol. The number of nitrogens with one attached hydrogen (secondary N) is 1. The van der Waals surface area contributed by atoms with E-state index < -0.39 is 12.2 Å². The number of ketones is 1. The largest absolute Gasteiger partial charge is 0.479 e. The smallest absolute Gasteiger partial charge is 0.265 e. The van der Waals surface area contributed by atoms with E-state index in [1.807, 2.05) is 0 Å². The molecule has 0 saturated heterocycles. The summed E-state index contributed by atoms with van der Waals surface area (Å²) in [4.78, 5) is 23.3. The summed E-state index contributed by atoms with van der Waals surface area (Å²) in [5.41, 5.74) is 0.937. The van der Waals surface area contributed by atoms with Gasteiger partial charge in [0.2, 0.25) is 0 Å². The minimum atomic E-state index is -1.18. The van der Waals surface area contributed by atoms with Crippen LogP contribution in [0.2, 0.25) is 0 Å². The van der Waals surface area contributed by atoms with Crippen molar-refractivity contribution in [3.05, 3.63) is 23.8 Å². The molecule has 0 fully saturated rings. The summed E-state index contributed by atoms with van der Waals surface area (Å²) in [6.07, 6.45) is -1.72. The van der Waals surface area contributed by atoms with Crippen LogP contribution in [0, 0.1) is 5.92 Å². The molecule has 2 unspecified atom stereocenters. The van der Waals surface area contributed by atoms with E-state index in [1.54, 1.807) is 39.0 Å². The topological polar surface area (TPSA) is 75.6 Å². The fourth-order valence-electron chi connectivity index (χ4n) is 1.88. The Bertz CT molecular complexity index is 524. The van der Waals surface area contributed by atoms with E-state index in [-0.39, 0.29) is 17.6 Å². The maximum atomic E-state index is 11.8. The molecule has 0 saturated carbocycles. The van der Waals surface area contributed by atoms with E-state index in [4.69, 9.17) is 4.74 Å². The number of aliphatic hydroxyl groups excluding tert-OH is 1. The summed E-state index contributed by atoms with van der Waals surface area (Å²) in [6, 6.07) is 4.86. The first kappa shape index (κ1) is 13.5. The second kappa shape index (κ2) is 5.01. The van der Waals surface area contributed by atoms with Gasteiger partial charge in [0.25, 0.3) is 5.91 Å². The SMILES string of the molecule is CC(C)C(=O)C(O)c1ccc2c(c1)NC(=O)C(C)O2. The van der Waals surface area contributed by atoms with Crippen molar-refractivity contribution in [2.45, 2.75) is 33.0 Å². The monoisotopic (exact) mass is 263 g/mol. The molecule has 5 heteroatoms. The number of fused-ring (bicyclic) bond motifs is 1. The lowest BCUT2D eigenvalue weighted by Crippen LogP contribution is -2.34. The Balaban J connectivity index is 2.29. The third-order valence-electron chi connectivity index (χ3n) is 3.09. The predicted molar refractivity (Wildman–Crippen MR) is 70.0 cm³/mol. The Morgan fingerprint density at radius 3 is 2.74 bits per heavy atom. The van der Waals surface area contributed by atoms with Gasteiger partial charge in [-0.3, -0.25) is 9.59 Å². The van der Waals surface area contributed by atoms with Gasteiger partial charge in [-0.2, -0.15) is 0 Å². The van der Waals surface area contributed by atoms with Gasteiger partial charge in [0.15, 0.2) is 11.9 Å². The summed E-state index contributed by atoms with van der Waals surface area (Å²) < 4.78 is 5.41. The van der Waals surface area contributed by atoms with E-state index >= 15 is 0 Å². The van der Waals surface area contributed by atoms with Crippen LogP contribution in [0.5, 0.6) is 5.75 Å². The van der Waals surface area contributed by atoms with Crippen molar-refractivity contribution in [1.29, 1.82) is 0 Å². The van der Waals surface area contributed by atoms with Gasteiger partial charge in [0, 0.05) is 5.92 Å². The van der Waals surface area contributed by atoms with Crippen LogP contribution in [0.1, 0.15) is 32.4 Å². The number of hydrogen-bond donors (Lipinski definition) is 2. The summed E-state index contributed by atoms with van der Waals surface area (Å²) in [5, 5.41) is 12.7. The van der Waals surface area contributed by atoms with Crippen LogP contribution in [0.4, 0.5) is 5.69 Å². The lowest BCUT2D eigenvalue weighted by atomic mass is 9.97. The van der Waals surface area contributed by atoms with Crippen LogP contribution in [-0.4, -0.2) is 22.9 Å². The highest BCUT2D eigenvalue weighted by molar-refractivity contribution is 5.97. The number of rotatable bonds is 3. The summed E-state index contributed by atoms with van der Waals surface area (Å²) in [5.74, 6) is -0.206. The quantitative estimate of drug-likeness (QED) is 0.869. The fraction of sp³-hybridized carbons (Fsp3) is 0.429. The molecule has 19 heavy (non-hydrogen) atoms. The molecule has 1 amide bonds. The molecule has 1 aliphatic rings. The molecule has 0 aromatic heterocycles. The molecule has 2 N–H and O–H groups in total. The first-order valence-corrected chi connectivity index (χ1v) is 6.23. The van der Waals surface area contributed by atoms with Gasteiger partial charge >= 0.3 is 0 Å². The van der Waals surface area contributed by atoms with E-state index in [0.717, 1.165) is 0 Å². The Kier molecular flexibility index (Phi) is 3.57. The average molecular weight is 263 g/mol. The van der Waals surface area contributed by atoms with E-state index in [9.17, 15) is 14.7 Å². The fourth-order valence-corrected chi connectivity index (χ4v) is 1.88. The molecule has 5 nitrogen and oxygen atoms in total. The van der Waals surface area contributed by atoms with Crippen molar-refractivity contribution in [1.82, 2.24) is 0 Å². The van der Waals surface area contributed by atoms with Crippen molar-refractivity contribution in [2.75, 3.05) is 5.32 Å². The Labute approximate surface area is 111 Å². The number of benzene rings is 1. The highest BCUT2D eigenvalue weighted by Gasteiger charge is 2.26.